The Morgan fingerprint density at radius 1 is 1.00 bits per heavy atom. The van der Waals surface area contributed by atoms with E-state index in [4.69, 9.17) is 9.15 Å². The van der Waals surface area contributed by atoms with Gasteiger partial charge in [-0.15, -0.1) is 0 Å². The lowest BCUT2D eigenvalue weighted by Gasteiger charge is -2.24. The van der Waals surface area contributed by atoms with Crippen LogP contribution in [-0.4, -0.2) is 30.4 Å². The largest absolute Gasteiger partial charge is 0.459 e. The number of nitrogens with one attached hydrogen (secondary N) is 1. The monoisotopic (exact) mass is 406 g/mol. The zero-order valence-electron chi connectivity index (χ0n) is 16.7. The van der Waals surface area contributed by atoms with Crippen LogP contribution in [0.25, 0.3) is 0 Å². The Bertz CT molecular complexity index is 998. The Morgan fingerprint density at radius 3 is 2.30 bits per heavy atom. The van der Waals surface area contributed by atoms with Gasteiger partial charge in [0.25, 0.3) is 11.8 Å². The molecular formula is C23H22N2O5. The number of amides is 2. The van der Waals surface area contributed by atoms with E-state index >= 15 is 0 Å². The second-order valence-electron chi connectivity index (χ2n) is 6.47. The van der Waals surface area contributed by atoms with E-state index in [1.54, 1.807) is 36.1 Å². The Kier molecular flexibility index (Phi) is 6.64. The zero-order valence-corrected chi connectivity index (χ0v) is 16.7. The van der Waals surface area contributed by atoms with E-state index in [1.807, 2.05) is 37.3 Å². The van der Waals surface area contributed by atoms with Crippen molar-refractivity contribution in [3.8, 4) is 0 Å². The van der Waals surface area contributed by atoms with Gasteiger partial charge in [0.15, 0.2) is 11.9 Å². The molecule has 1 N–H and O–H groups in total. The van der Waals surface area contributed by atoms with Gasteiger partial charge in [0.1, 0.15) is 0 Å². The molecule has 0 radical (unpaired) electrons. The minimum atomic E-state index is -0.948. The van der Waals surface area contributed by atoms with Crippen LogP contribution in [-0.2, 0) is 9.53 Å². The fourth-order valence-electron chi connectivity index (χ4n) is 2.86. The molecule has 30 heavy (non-hydrogen) atoms. The number of furan rings is 1. The summed E-state index contributed by atoms with van der Waals surface area (Å²) in [5.74, 6) is -1.14. The third-order valence-electron chi connectivity index (χ3n) is 4.41. The smallest absolute Gasteiger partial charge is 0.338 e. The van der Waals surface area contributed by atoms with Gasteiger partial charge in [-0.25, -0.2) is 4.79 Å². The van der Waals surface area contributed by atoms with Crippen molar-refractivity contribution >= 4 is 29.2 Å². The molecule has 0 bridgehead atoms. The number of para-hydroxylation sites is 1. The van der Waals surface area contributed by atoms with Gasteiger partial charge in [-0.3, -0.25) is 9.59 Å². The fourth-order valence-corrected chi connectivity index (χ4v) is 2.86. The number of hydrogen-bond acceptors (Lipinski definition) is 5. The van der Waals surface area contributed by atoms with Gasteiger partial charge in [-0.05, 0) is 62.4 Å². The Labute approximate surface area is 174 Å². The first kappa shape index (κ1) is 20.9. The van der Waals surface area contributed by atoms with E-state index in [2.05, 4.69) is 5.32 Å². The summed E-state index contributed by atoms with van der Waals surface area (Å²) in [6.45, 7) is 3.85. The van der Waals surface area contributed by atoms with E-state index in [-0.39, 0.29) is 17.2 Å². The van der Waals surface area contributed by atoms with E-state index in [0.717, 1.165) is 5.69 Å². The van der Waals surface area contributed by atoms with Crippen LogP contribution < -0.4 is 10.2 Å². The van der Waals surface area contributed by atoms with Gasteiger partial charge in [-0.1, -0.05) is 18.2 Å². The summed E-state index contributed by atoms with van der Waals surface area (Å²) in [4.78, 5) is 38.7. The molecule has 7 heteroatoms. The quantitative estimate of drug-likeness (QED) is 0.596. The molecule has 0 fully saturated rings. The van der Waals surface area contributed by atoms with Crippen LogP contribution in [0, 0.1) is 0 Å². The van der Waals surface area contributed by atoms with Gasteiger partial charge >= 0.3 is 5.97 Å². The van der Waals surface area contributed by atoms with Crippen molar-refractivity contribution in [2.45, 2.75) is 20.0 Å². The lowest BCUT2D eigenvalue weighted by atomic mass is 10.2. The minimum absolute atomic E-state index is 0.185. The number of esters is 1. The lowest BCUT2D eigenvalue weighted by molar-refractivity contribution is -0.126. The molecule has 0 aliphatic rings. The van der Waals surface area contributed by atoms with Gasteiger partial charge in [-0.2, -0.15) is 0 Å². The molecule has 0 saturated heterocycles. The number of likely N-dealkylation sites (N-methyl/N-ethyl adjacent to an activating group) is 1. The molecule has 3 rings (SSSR count). The summed E-state index contributed by atoms with van der Waals surface area (Å²) in [5, 5.41) is 2.66. The first-order valence-electron chi connectivity index (χ1n) is 9.52. The molecule has 2 aromatic carbocycles. The highest BCUT2D eigenvalue weighted by Crippen LogP contribution is 2.17. The normalized spacial score (nSPS) is 11.4. The topological polar surface area (TPSA) is 88.9 Å². The molecule has 0 aliphatic carbocycles. The van der Waals surface area contributed by atoms with Crippen molar-refractivity contribution in [2.75, 3.05) is 16.8 Å². The second-order valence-corrected chi connectivity index (χ2v) is 6.47. The Balaban J connectivity index is 1.61. The molecule has 154 valence electrons. The first-order chi connectivity index (χ1) is 14.5. The number of anilines is 2. The molecule has 1 aromatic heterocycles. The predicted octanol–water partition coefficient (Wildman–Crippen LogP) is 4.13. The summed E-state index contributed by atoms with van der Waals surface area (Å²) in [6.07, 6.45) is 0.462. The summed E-state index contributed by atoms with van der Waals surface area (Å²) < 4.78 is 10.4. The van der Waals surface area contributed by atoms with Crippen LogP contribution in [0.5, 0.6) is 0 Å². The standard InChI is InChI=1S/C23H22N2O5/c1-3-25(19-8-5-4-6-9-19)22(27)16(2)30-23(28)17-11-13-18(14-12-17)24-21(26)20-10-7-15-29-20/h4-16H,3H2,1-2H3,(H,24,26)/t16-/m1/s1. The SMILES string of the molecule is CCN(C(=O)[C@@H](C)OC(=O)c1ccc(NC(=O)c2ccco2)cc1)c1ccccc1. The molecule has 2 amide bonds. The number of rotatable bonds is 7. The number of carbonyl (C=O) groups is 3. The van der Waals surface area contributed by atoms with Gasteiger partial charge in [0.05, 0.1) is 11.8 Å². The zero-order chi connectivity index (χ0) is 21.5. The first-order valence-corrected chi connectivity index (χ1v) is 9.52. The molecule has 7 nitrogen and oxygen atoms in total. The molecule has 0 spiro atoms. The van der Waals surface area contributed by atoms with Crippen molar-refractivity contribution in [3.63, 3.8) is 0 Å². The molecule has 0 saturated carbocycles. The minimum Gasteiger partial charge on any atom is -0.459 e. The number of benzene rings is 2. The average Bonchev–Trinajstić information content (AvgIpc) is 3.30. The Morgan fingerprint density at radius 2 is 1.70 bits per heavy atom. The number of hydrogen-bond donors (Lipinski definition) is 1. The molecule has 0 aliphatic heterocycles. The van der Waals surface area contributed by atoms with Crippen LogP contribution in [0.2, 0.25) is 0 Å². The van der Waals surface area contributed by atoms with E-state index in [1.165, 1.54) is 18.4 Å². The van der Waals surface area contributed by atoms with Crippen molar-refractivity contribution in [1.82, 2.24) is 0 Å². The van der Waals surface area contributed by atoms with Gasteiger partial charge in [0, 0.05) is 17.9 Å². The maximum atomic E-state index is 12.7. The molecule has 0 unspecified atom stereocenters. The van der Waals surface area contributed by atoms with E-state index in [9.17, 15) is 14.4 Å². The third kappa shape index (κ3) is 4.94. The van der Waals surface area contributed by atoms with Gasteiger partial charge < -0.3 is 19.4 Å². The van der Waals surface area contributed by atoms with Crippen LogP contribution in [0.1, 0.15) is 34.8 Å². The van der Waals surface area contributed by atoms with Crippen molar-refractivity contribution in [3.05, 3.63) is 84.3 Å². The van der Waals surface area contributed by atoms with E-state index < -0.39 is 18.0 Å². The highest BCUT2D eigenvalue weighted by atomic mass is 16.5. The molecular weight excluding hydrogens is 384 g/mol. The van der Waals surface area contributed by atoms with E-state index in [0.29, 0.717) is 12.2 Å². The highest BCUT2D eigenvalue weighted by molar-refractivity contribution is 6.02. The fraction of sp³-hybridized carbons (Fsp3) is 0.174. The average molecular weight is 406 g/mol. The number of ether oxygens (including phenoxy) is 1. The summed E-state index contributed by atoms with van der Waals surface area (Å²) in [7, 11) is 0. The second kappa shape index (κ2) is 9.56. The molecule has 1 heterocycles. The van der Waals surface area contributed by atoms with Crippen LogP contribution in [0.4, 0.5) is 11.4 Å². The summed E-state index contributed by atoms with van der Waals surface area (Å²) >= 11 is 0. The van der Waals surface area contributed by atoms with Crippen molar-refractivity contribution < 1.29 is 23.5 Å². The van der Waals surface area contributed by atoms with Crippen molar-refractivity contribution in [2.24, 2.45) is 0 Å². The molecule has 1 atom stereocenters. The van der Waals surface area contributed by atoms with Crippen LogP contribution in [0.15, 0.2) is 77.4 Å². The maximum Gasteiger partial charge on any atom is 0.338 e. The van der Waals surface area contributed by atoms with Crippen LogP contribution >= 0.6 is 0 Å². The number of carbonyl (C=O) groups excluding carboxylic acids is 3. The van der Waals surface area contributed by atoms with Gasteiger partial charge in [0.2, 0.25) is 0 Å². The number of nitrogens with zero attached hydrogens (tertiary/aromatic N) is 1. The maximum absolute atomic E-state index is 12.7. The Hall–Kier alpha value is -3.87. The molecule has 3 aromatic rings. The predicted molar refractivity (Wildman–Crippen MR) is 112 cm³/mol. The van der Waals surface area contributed by atoms with Crippen LogP contribution in [0.3, 0.4) is 0 Å². The lowest BCUT2D eigenvalue weighted by Crippen LogP contribution is -2.40. The third-order valence-corrected chi connectivity index (χ3v) is 4.41. The summed E-state index contributed by atoms with van der Waals surface area (Å²) in [5.41, 5.74) is 1.51. The van der Waals surface area contributed by atoms with Crippen molar-refractivity contribution in [1.29, 1.82) is 0 Å². The highest BCUT2D eigenvalue weighted by Gasteiger charge is 2.24. The summed E-state index contributed by atoms with van der Waals surface area (Å²) in [6, 6.07) is 18.6.